The zero-order chi connectivity index (χ0) is 20.9. The average molecular weight is 425 g/mol. The number of sulfonamides is 1. The minimum Gasteiger partial charge on any atom is -0.491 e. The van der Waals surface area contributed by atoms with E-state index in [1.54, 1.807) is 19.1 Å². The molecule has 1 atom stereocenters. The molecule has 0 spiro atoms. The molecule has 0 aliphatic heterocycles. The summed E-state index contributed by atoms with van der Waals surface area (Å²) in [7, 11) is -3.66. The smallest absolute Gasteiger partial charge is 0.241 e. The zero-order valence-corrected chi connectivity index (χ0v) is 18.0. The monoisotopic (exact) mass is 424 g/mol. The summed E-state index contributed by atoms with van der Waals surface area (Å²) in [6.45, 7) is 5.53. The van der Waals surface area contributed by atoms with Crippen molar-refractivity contribution in [3.05, 3.63) is 58.6 Å². The van der Waals surface area contributed by atoms with Gasteiger partial charge in [-0.3, -0.25) is 9.10 Å². The van der Waals surface area contributed by atoms with E-state index in [0.29, 0.717) is 16.5 Å². The van der Waals surface area contributed by atoms with Crippen LogP contribution in [0, 0.1) is 13.8 Å². The summed E-state index contributed by atoms with van der Waals surface area (Å²) < 4.78 is 31.0. The van der Waals surface area contributed by atoms with Gasteiger partial charge < -0.3 is 10.1 Å². The molecule has 1 N–H and O–H groups in total. The molecule has 0 aromatic heterocycles. The van der Waals surface area contributed by atoms with E-state index in [4.69, 9.17) is 16.3 Å². The fourth-order valence-electron chi connectivity index (χ4n) is 2.49. The molecule has 2 rings (SSSR count). The highest BCUT2D eigenvalue weighted by Gasteiger charge is 2.22. The Hall–Kier alpha value is -2.25. The number of amides is 1. The largest absolute Gasteiger partial charge is 0.491 e. The van der Waals surface area contributed by atoms with Crippen LogP contribution in [-0.4, -0.2) is 39.8 Å². The van der Waals surface area contributed by atoms with Gasteiger partial charge in [0.15, 0.2) is 0 Å². The van der Waals surface area contributed by atoms with Crippen LogP contribution < -0.4 is 14.4 Å². The van der Waals surface area contributed by atoms with Crippen LogP contribution in [0.5, 0.6) is 5.75 Å². The van der Waals surface area contributed by atoms with Crippen LogP contribution in [0.1, 0.15) is 18.1 Å². The lowest BCUT2D eigenvalue weighted by Gasteiger charge is -2.23. The highest BCUT2D eigenvalue weighted by atomic mass is 35.5. The Kier molecular flexibility index (Phi) is 7.32. The Balaban J connectivity index is 1.99. The molecule has 0 aliphatic carbocycles. The molecule has 2 aromatic carbocycles. The Labute approximate surface area is 171 Å². The van der Waals surface area contributed by atoms with E-state index in [2.05, 4.69) is 5.32 Å². The van der Waals surface area contributed by atoms with Crippen molar-refractivity contribution in [2.75, 3.05) is 23.7 Å². The van der Waals surface area contributed by atoms with Gasteiger partial charge in [-0.2, -0.15) is 0 Å². The topological polar surface area (TPSA) is 75.7 Å². The molecule has 0 aliphatic rings. The number of nitrogens with zero attached hydrogens (tertiary/aromatic N) is 1. The maximum Gasteiger partial charge on any atom is 0.241 e. The lowest BCUT2D eigenvalue weighted by atomic mass is 10.2. The Morgan fingerprint density at radius 2 is 1.82 bits per heavy atom. The molecular formula is C20H25ClN2O4S. The van der Waals surface area contributed by atoms with Gasteiger partial charge in [0.05, 0.1) is 18.0 Å². The number of hydrogen-bond donors (Lipinski definition) is 1. The maximum atomic E-state index is 12.4. The highest BCUT2D eigenvalue weighted by molar-refractivity contribution is 7.92. The van der Waals surface area contributed by atoms with Gasteiger partial charge in [-0.1, -0.05) is 35.4 Å². The highest BCUT2D eigenvalue weighted by Crippen LogP contribution is 2.24. The summed E-state index contributed by atoms with van der Waals surface area (Å²) in [5.41, 5.74) is 2.30. The van der Waals surface area contributed by atoms with E-state index in [9.17, 15) is 13.2 Å². The van der Waals surface area contributed by atoms with Gasteiger partial charge in [0, 0.05) is 5.02 Å². The molecule has 6 nitrogen and oxygen atoms in total. The van der Waals surface area contributed by atoms with Crippen LogP contribution in [0.3, 0.4) is 0 Å². The minimum absolute atomic E-state index is 0.268. The molecule has 0 heterocycles. The van der Waals surface area contributed by atoms with Crippen molar-refractivity contribution in [1.82, 2.24) is 5.32 Å². The Morgan fingerprint density at radius 3 is 2.39 bits per heavy atom. The molecule has 28 heavy (non-hydrogen) atoms. The van der Waals surface area contributed by atoms with Gasteiger partial charge in [0.2, 0.25) is 15.9 Å². The van der Waals surface area contributed by atoms with Crippen molar-refractivity contribution in [1.29, 1.82) is 0 Å². The fraction of sp³-hybridized carbons (Fsp3) is 0.350. The number of hydrogen-bond acceptors (Lipinski definition) is 4. The number of ether oxygens (including phenoxy) is 1. The van der Waals surface area contributed by atoms with E-state index in [0.717, 1.165) is 21.7 Å². The third kappa shape index (κ3) is 6.42. The SMILES string of the molecule is Cc1ccc(OC[C@H](C)NC(=O)CN(c2ccc(C)c(Cl)c2)S(C)(=O)=O)cc1. The predicted molar refractivity (Wildman–Crippen MR) is 113 cm³/mol. The summed E-state index contributed by atoms with van der Waals surface area (Å²) in [5.74, 6) is 0.279. The molecule has 0 bridgehead atoms. The van der Waals surface area contributed by atoms with Crippen LogP contribution in [0.25, 0.3) is 0 Å². The number of halogens is 1. The fourth-order valence-corrected chi connectivity index (χ4v) is 3.51. The molecular weight excluding hydrogens is 400 g/mol. The van der Waals surface area contributed by atoms with Gasteiger partial charge in [0.1, 0.15) is 18.9 Å². The minimum atomic E-state index is -3.66. The van der Waals surface area contributed by atoms with Crippen LogP contribution >= 0.6 is 11.6 Å². The van der Waals surface area contributed by atoms with Gasteiger partial charge in [0.25, 0.3) is 0 Å². The van der Waals surface area contributed by atoms with Crippen LogP contribution in [0.15, 0.2) is 42.5 Å². The van der Waals surface area contributed by atoms with Crippen molar-refractivity contribution < 1.29 is 17.9 Å². The summed E-state index contributed by atoms with van der Waals surface area (Å²) in [6, 6.07) is 12.2. The van der Waals surface area contributed by atoms with Crippen molar-refractivity contribution in [3.8, 4) is 5.75 Å². The van der Waals surface area contributed by atoms with Gasteiger partial charge in [-0.05, 0) is 50.6 Å². The lowest BCUT2D eigenvalue weighted by Crippen LogP contribution is -2.44. The van der Waals surface area contributed by atoms with E-state index < -0.39 is 15.9 Å². The summed E-state index contributed by atoms with van der Waals surface area (Å²) in [4.78, 5) is 12.4. The first kappa shape index (κ1) is 22.0. The Bertz CT molecular complexity index is 930. The van der Waals surface area contributed by atoms with E-state index in [1.807, 2.05) is 38.1 Å². The normalized spacial score (nSPS) is 12.3. The molecule has 0 radical (unpaired) electrons. The first-order valence-corrected chi connectivity index (χ1v) is 11.0. The third-order valence-electron chi connectivity index (χ3n) is 4.06. The molecule has 8 heteroatoms. The molecule has 0 saturated heterocycles. The molecule has 1 amide bonds. The van der Waals surface area contributed by atoms with Crippen molar-refractivity contribution in [2.45, 2.75) is 26.8 Å². The molecule has 0 unspecified atom stereocenters. The summed E-state index contributed by atoms with van der Waals surface area (Å²) >= 11 is 6.10. The second-order valence-electron chi connectivity index (χ2n) is 6.80. The second-order valence-corrected chi connectivity index (χ2v) is 9.11. The number of benzene rings is 2. The zero-order valence-electron chi connectivity index (χ0n) is 16.4. The quantitative estimate of drug-likeness (QED) is 0.705. The number of carbonyl (C=O) groups is 1. The lowest BCUT2D eigenvalue weighted by molar-refractivity contribution is -0.120. The standard InChI is InChI=1S/C20H25ClN2O4S/c1-14-5-9-18(10-6-14)27-13-16(3)22-20(24)12-23(28(4,25)26)17-8-7-15(2)19(21)11-17/h5-11,16H,12-13H2,1-4H3,(H,22,24)/t16-/m0/s1. The number of rotatable bonds is 8. The predicted octanol–water partition coefficient (Wildman–Crippen LogP) is 3.31. The number of carbonyl (C=O) groups excluding carboxylic acids is 1. The van der Waals surface area contributed by atoms with Gasteiger partial charge >= 0.3 is 0 Å². The third-order valence-corrected chi connectivity index (χ3v) is 5.61. The number of nitrogens with one attached hydrogen (secondary N) is 1. The summed E-state index contributed by atoms with van der Waals surface area (Å²) in [5, 5.41) is 3.19. The van der Waals surface area contributed by atoms with Crippen molar-refractivity contribution >= 4 is 33.2 Å². The van der Waals surface area contributed by atoms with Crippen LogP contribution in [0.2, 0.25) is 5.02 Å². The van der Waals surface area contributed by atoms with Crippen molar-refractivity contribution in [3.63, 3.8) is 0 Å². The first-order valence-electron chi connectivity index (χ1n) is 8.79. The second kappa shape index (κ2) is 9.30. The molecule has 2 aromatic rings. The molecule has 152 valence electrons. The maximum absolute atomic E-state index is 12.4. The van der Waals surface area contributed by atoms with Crippen LogP contribution in [-0.2, 0) is 14.8 Å². The molecule has 0 fully saturated rings. The van der Waals surface area contributed by atoms with Crippen molar-refractivity contribution in [2.24, 2.45) is 0 Å². The van der Waals surface area contributed by atoms with E-state index in [1.165, 1.54) is 6.07 Å². The van der Waals surface area contributed by atoms with Crippen LogP contribution in [0.4, 0.5) is 5.69 Å². The number of aryl methyl sites for hydroxylation is 2. The van der Waals surface area contributed by atoms with Gasteiger partial charge in [-0.25, -0.2) is 8.42 Å². The van der Waals surface area contributed by atoms with Gasteiger partial charge in [-0.15, -0.1) is 0 Å². The van der Waals surface area contributed by atoms with E-state index >= 15 is 0 Å². The molecule has 0 saturated carbocycles. The average Bonchev–Trinajstić information content (AvgIpc) is 2.61. The number of anilines is 1. The Morgan fingerprint density at radius 1 is 1.18 bits per heavy atom. The first-order chi connectivity index (χ1) is 13.1. The van der Waals surface area contributed by atoms with E-state index in [-0.39, 0.29) is 19.2 Å². The summed E-state index contributed by atoms with van der Waals surface area (Å²) in [6.07, 6.45) is 1.05.